The van der Waals surface area contributed by atoms with E-state index in [1.54, 1.807) is 4.90 Å². The van der Waals surface area contributed by atoms with Crippen molar-refractivity contribution >= 4 is 45.8 Å². The van der Waals surface area contributed by atoms with Crippen molar-refractivity contribution in [3.8, 4) is 5.75 Å². The van der Waals surface area contributed by atoms with Gasteiger partial charge in [0.15, 0.2) is 0 Å². The lowest BCUT2D eigenvalue weighted by Gasteiger charge is -2.18. The molecule has 1 aliphatic heterocycles. The topological polar surface area (TPSA) is 58.6 Å². The molecule has 1 heterocycles. The number of halogens is 1. The Morgan fingerprint density at radius 3 is 2.54 bits per heavy atom. The number of ether oxygens (including phenoxy) is 1. The number of hydrogen-bond acceptors (Lipinski definition) is 3. The Balaban J connectivity index is 1.66. The maximum atomic E-state index is 12.6. The minimum atomic E-state index is -0.356. The van der Waals surface area contributed by atoms with Crippen LogP contribution in [0.25, 0.3) is 0 Å². The van der Waals surface area contributed by atoms with Crippen molar-refractivity contribution in [3.63, 3.8) is 0 Å². The predicted octanol–water partition coefficient (Wildman–Crippen LogP) is 4.07. The van der Waals surface area contributed by atoms with Crippen molar-refractivity contribution in [1.82, 2.24) is 0 Å². The van der Waals surface area contributed by atoms with Gasteiger partial charge in [-0.15, -0.1) is 0 Å². The average molecular weight is 464 g/mol. The van der Waals surface area contributed by atoms with Crippen molar-refractivity contribution in [2.24, 2.45) is 5.92 Å². The van der Waals surface area contributed by atoms with Crippen LogP contribution in [-0.4, -0.2) is 24.5 Å². The molecule has 0 saturated carbocycles. The summed E-state index contributed by atoms with van der Waals surface area (Å²) in [6, 6.07) is 15.0. The van der Waals surface area contributed by atoms with Gasteiger partial charge in [0.1, 0.15) is 5.75 Å². The van der Waals surface area contributed by atoms with Gasteiger partial charge < -0.3 is 15.0 Å². The predicted molar refractivity (Wildman–Crippen MR) is 110 cm³/mol. The summed E-state index contributed by atoms with van der Waals surface area (Å²) in [5.41, 5.74) is 1.56. The van der Waals surface area contributed by atoms with Gasteiger partial charge in [-0.1, -0.05) is 12.1 Å². The molecule has 136 valence electrons. The Bertz CT molecular complexity index is 805. The summed E-state index contributed by atoms with van der Waals surface area (Å²) in [5, 5.41) is 2.93. The molecule has 2 aromatic rings. The summed E-state index contributed by atoms with van der Waals surface area (Å²) in [5.74, 6) is 0.253. The number of carbonyl (C=O) groups excluding carboxylic acids is 2. The lowest BCUT2D eigenvalue weighted by atomic mass is 10.1. The van der Waals surface area contributed by atoms with Crippen molar-refractivity contribution in [2.45, 2.75) is 26.4 Å². The second kappa shape index (κ2) is 8.07. The Morgan fingerprint density at radius 2 is 1.88 bits per heavy atom. The van der Waals surface area contributed by atoms with Crippen LogP contribution in [0.4, 0.5) is 11.4 Å². The second-order valence-corrected chi connectivity index (χ2v) is 7.70. The van der Waals surface area contributed by atoms with Crippen LogP contribution in [0.3, 0.4) is 0 Å². The fraction of sp³-hybridized carbons (Fsp3) is 0.300. The van der Waals surface area contributed by atoms with Crippen molar-refractivity contribution in [3.05, 3.63) is 52.1 Å². The van der Waals surface area contributed by atoms with Gasteiger partial charge in [-0.3, -0.25) is 9.59 Å². The zero-order chi connectivity index (χ0) is 18.7. The third-order valence-electron chi connectivity index (χ3n) is 4.15. The quantitative estimate of drug-likeness (QED) is 0.679. The van der Waals surface area contributed by atoms with E-state index in [1.165, 1.54) is 0 Å². The first kappa shape index (κ1) is 18.7. The van der Waals surface area contributed by atoms with E-state index in [2.05, 4.69) is 27.9 Å². The number of hydrogen-bond donors (Lipinski definition) is 1. The minimum Gasteiger partial charge on any atom is -0.491 e. The Kier molecular flexibility index (Phi) is 5.80. The third kappa shape index (κ3) is 4.35. The molecule has 0 unspecified atom stereocenters. The Hall–Kier alpha value is -2.09. The van der Waals surface area contributed by atoms with Crippen LogP contribution in [0.1, 0.15) is 20.3 Å². The van der Waals surface area contributed by atoms with Crippen LogP contribution in [0.15, 0.2) is 48.5 Å². The van der Waals surface area contributed by atoms with Crippen LogP contribution < -0.4 is 15.0 Å². The van der Waals surface area contributed by atoms with Gasteiger partial charge in [-0.2, -0.15) is 0 Å². The van der Waals surface area contributed by atoms with Gasteiger partial charge in [0.05, 0.1) is 17.7 Å². The van der Waals surface area contributed by atoms with Gasteiger partial charge >= 0.3 is 0 Å². The molecular formula is C20H21IN2O3. The van der Waals surface area contributed by atoms with Crippen molar-refractivity contribution < 1.29 is 14.3 Å². The SMILES string of the molecule is CC(C)Oc1ccc(N2C[C@@H](C(=O)Nc3ccccc3I)CC2=O)cc1. The third-order valence-corrected chi connectivity index (χ3v) is 5.09. The summed E-state index contributed by atoms with van der Waals surface area (Å²) < 4.78 is 6.60. The van der Waals surface area contributed by atoms with Gasteiger partial charge in [0.2, 0.25) is 11.8 Å². The molecule has 1 aliphatic rings. The molecule has 1 atom stereocenters. The molecule has 1 N–H and O–H groups in total. The van der Waals surface area contributed by atoms with E-state index < -0.39 is 0 Å². The summed E-state index contributed by atoms with van der Waals surface area (Å²) in [6.07, 6.45) is 0.322. The van der Waals surface area contributed by atoms with E-state index in [-0.39, 0.29) is 30.3 Å². The van der Waals surface area contributed by atoms with E-state index in [1.807, 2.05) is 62.4 Å². The zero-order valence-corrected chi connectivity index (χ0v) is 16.9. The van der Waals surface area contributed by atoms with Gasteiger partial charge in [0.25, 0.3) is 0 Å². The fourth-order valence-electron chi connectivity index (χ4n) is 2.91. The first-order chi connectivity index (χ1) is 12.4. The first-order valence-electron chi connectivity index (χ1n) is 8.56. The standard InChI is InChI=1S/C20H21IN2O3/c1-13(2)26-16-9-7-15(8-10-16)23-12-14(11-19(23)24)20(25)22-18-6-4-3-5-17(18)21/h3-10,13-14H,11-12H2,1-2H3,(H,22,25)/t14-/m0/s1. The maximum Gasteiger partial charge on any atom is 0.229 e. The molecule has 1 fully saturated rings. The van der Waals surface area contributed by atoms with Crippen LogP contribution in [-0.2, 0) is 9.59 Å². The Morgan fingerprint density at radius 1 is 1.19 bits per heavy atom. The highest BCUT2D eigenvalue weighted by molar-refractivity contribution is 14.1. The van der Waals surface area contributed by atoms with Gasteiger partial charge in [0, 0.05) is 22.2 Å². The van der Waals surface area contributed by atoms with Gasteiger partial charge in [-0.25, -0.2) is 0 Å². The molecule has 26 heavy (non-hydrogen) atoms. The lowest BCUT2D eigenvalue weighted by molar-refractivity contribution is -0.122. The summed E-state index contributed by atoms with van der Waals surface area (Å²) in [6.45, 7) is 4.32. The van der Waals surface area contributed by atoms with E-state index in [4.69, 9.17) is 4.74 Å². The molecule has 1 saturated heterocycles. The first-order valence-corrected chi connectivity index (χ1v) is 9.64. The van der Waals surface area contributed by atoms with Crippen LogP contribution >= 0.6 is 22.6 Å². The summed E-state index contributed by atoms with van der Waals surface area (Å²) >= 11 is 2.18. The number of anilines is 2. The second-order valence-electron chi connectivity index (χ2n) is 6.53. The highest BCUT2D eigenvalue weighted by Gasteiger charge is 2.35. The summed E-state index contributed by atoms with van der Waals surface area (Å²) in [4.78, 5) is 26.6. The number of rotatable bonds is 5. The molecule has 0 aliphatic carbocycles. The van der Waals surface area contributed by atoms with Crippen molar-refractivity contribution in [1.29, 1.82) is 0 Å². The molecular weight excluding hydrogens is 443 g/mol. The van der Waals surface area contributed by atoms with E-state index in [0.717, 1.165) is 20.7 Å². The molecule has 2 aromatic carbocycles. The molecule has 3 rings (SSSR count). The highest BCUT2D eigenvalue weighted by atomic mass is 127. The van der Waals surface area contributed by atoms with Gasteiger partial charge in [-0.05, 0) is 72.8 Å². The number of nitrogens with one attached hydrogen (secondary N) is 1. The zero-order valence-electron chi connectivity index (χ0n) is 14.7. The fourth-order valence-corrected chi connectivity index (χ4v) is 3.43. The monoisotopic (exact) mass is 464 g/mol. The summed E-state index contributed by atoms with van der Waals surface area (Å²) in [7, 11) is 0. The maximum absolute atomic E-state index is 12.6. The van der Waals surface area contributed by atoms with E-state index in [0.29, 0.717) is 6.54 Å². The highest BCUT2D eigenvalue weighted by Crippen LogP contribution is 2.28. The molecule has 6 heteroatoms. The van der Waals surface area contributed by atoms with Crippen LogP contribution in [0, 0.1) is 9.49 Å². The van der Waals surface area contributed by atoms with E-state index in [9.17, 15) is 9.59 Å². The molecule has 0 aromatic heterocycles. The molecule has 0 radical (unpaired) electrons. The number of carbonyl (C=O) groups is 2. The minimum absolute atomic E-state index is 0.0366. The van der Waals surface area contributed by atoms with Crippen LogP contribution in [0.5, 0.6) is 5.75 Å². The molecule has 0 bridgehead atoms. The number of amides is 2. The largest absolute Gasteiger partial charge is 0.491 e. The Labute approximate surface area is 166 Å². The van der Waals surface area contributed by atoms with Crippen LogP contribution in [0.2, 0.25) is 0 Å². The molecule has 0 spiro atoms. The van der Waals surface area contributed by atoms with Crippen molar-refractivity contribution in [2.75, 3.05) is 16.8 Å². The van der Waals surface area contributed by atoms with E-state index >= 15 is 0 Å². The number of nitrogens with zero attached hydrogens (tertiary/aromatic N) is 1. The molecule has 5 nitrogen and oxygen atoms in total. The lowest BCUT2D eigenvalue weighted by Crippen LogP contribution is -2.28. The number of benzene rings is 2. The smallest absolute Gasteiger partial charge is 0.229 e. The average Bonchev–Trinajstić information content (AvgIpc) is 2.99. The molecule has 2 amide bonds. The normalized spacial score (nSPS) is 16.8. The number of para-hydroxylation sites is 1.